The van der Waals surface area contributed by atoms with E-state index in [1.807, 2.05) is 11.9 Å². The van der Waals surface area contributed by atoms with E-state index >= 15 is 0 Å². The number of piperidine rings is 1. The molecule has 1 unspecified atom stereocenters. The highest BCUT2D eigenvalue weighted by molar-refractivity contribution is 5.92. The van der Waals surface area contributed by atoms with Crippen molar-refractivity contribution in [2.24, 2.45) is 5.92 Å². The summed E-state index contributed by atoms with van der Waals surface area (Å²) in [6.07, 6.45) is 9.46. The fraction of sp³-hybridized carbons (Fsp3) is 0.467. The van der Waals surface area contributed by atoms with Gasteiger partial charge in [-0.3, -0.25) is 9.78 Å². The first-order chi connectivity index (χ1) is 10.8. The van der Waals surface area contributed by atoms with Crippen molar-refractivity contribution in [3.05, 3.63) is 36.3 Å². The van der Waals surface area contributed by atoms with Gasteiger partial charge in [0.15, 0.2) is 0 Å². The first-order valence-electron chi connectivity index (χ1n) is 7.53. The van der Waals surface area contributed by atoms with Gasteiger partial charge in [0.05, 0.1) is 18.2 Å². The summed E-state index contributed by atoms with van der Waals surface area (Å²) < 4.78 is 0. The Labute approximate surface area is 129 Å². The van der Waals surface area contributed by atoms with E-state index in [9.17, 15) is 4.79 Å². The number of aromatic nitrogens is 4. The largest absolute Gasteiger partial charge is 0.372 e. The van der Waals surface area contributed by atoms with E-state index in [0.717, 1.165) is 43.9 Å². The second-order valence-electron chi connectivity index (χ2n) is 5.53. The summed E-state index contributed by atoms with van der Waals surface area (Å²) in [6, 6.07) is 0. The van der Waals surface area contributed by atoms with Gasteiger partial charge in [0.2, 0.25) is 0 Å². The number of nitrogens with one attached hydrogen (secondary N) is 2. The maximum Gasteiger partial charge on any atom is 0.271 e. The zero-order valence-electron chi connectivity index (χ0n) is 12.6. The van der Waals surface area contributed by atoms with Crippen molar-refractivity contribution < 1.29 is 4.79 Å². The Hall–Kier alpha value is -2.44. The van der Waals surface area contributed by atoms with Crippen LogP contribution in [0.1, 0.15) is 29.0 Å². The van der Waals surface area contributed by atoms with Crippen LogP contribution < -0.4 is 5.32 Å². The summed E-state index contributed by atoms with van der Waals surface area (Å²) in [5.74, 6) is 1.25. The molecular formula is C15H20N6O. The third kappa shape index (κ3) is 3.08. The number of carbonyl (C=O) groups is 1. The van der Waals surface area contributed by atoms with E-state index in [2.05, 4.69) is 25.3 Å². The zero-order chi connectivity index (χ0) is 15.4. The smallest absolute Gasteiger partial charge is 0.271 e. The van der Waals surface area contributed by atoms with Gasteiger partial charge < -0.3 is 15.2 Å². The molecule has 2 aromatic heterocycles. The van der Waals surface area contributed by atoms with Crippen LogP contribution in [0.4, 0.5) is 5.82 Å². The Morgan fingerprint density at radius 3 is 3.09 bits per heavy atom. The van der Waals surface area contributed by atoms with Crippen molar-refractivity contribution in [1.82, 2.24) is 24.8 Å². The summed E-state index contributed by atoms with van der Waals surface area (Å²) in [5, 5.41) is 3.07. The predicted octanol–water partition coefficient (Wildman–Crippen LogP) is 1.34. The van der Waals surface area contributed by atoms with Gasteiger partial charge in [-0.2, -0.15) is 0 Å². The molecule has 0 spiro atoms. The molecule has 7 heteroatoms. The number of aromatic amines is 1. The van der Waals surface area contributed by atoms with Crippen molar-refractivity contribution in [2.45, 2.75) is 19.3 Å². The standard InChI is InChI=1S/C15H20N6O/c1-16-14-12(18-4-5-19-14)7-11-3-2-6-21(9-11)15(22)13-8-17-10-20-13/h4-5,8,10-11H,2-3,6-7,9H2,1H3,(H,16,19)(H,17,20). The maximum atomic E-state index is 12.4. The molecule has 0 aromatic carbocycles. The average Bonchev–Trinajstić information content (AvgIpc) is 3.09. The molecule has 116 valence electrons. The van der Waals surface area contributed by atoms with Crippen LogP contribution in [0.2, 0.25) is 0 Å². The van der Waals surface area contributed by atoms with Gasteiger partial charge in [-0.1, -0.05) is 0 Å². The minimum Gasteiger partial charge on any atom is -0.372 e. The van der Waals surface area contributed by atoms with Crippen molar-refractivity contribution in [3.8, 4) is 0 Å². The van der Waals surface area contributed by atoms with Gasteiger partial charge in [-0.25, -0.2) is 9.97 Å². The summed E-state index contributed by atoms with van der Waals surface area (Å²) in [4.78, 5) is 29.8. The third-order valence-electron chi connectivity index (χ3n) is 4.03. The number of anilines is 1. The van der Waals surface area contributed by atoms with Gasteiger partial charge in [-0.05, 0) is 25.2 Å². The molecule has 1 atom stereocenters. The molecule has 22 heavy (non-hydrogen) atoms. The minimum atomic E-state index is 0.0233. The molecule has 7 nitrogen and oxygen atoms in total. The third-order valence-corrected chi connectivity index (χ3v) is 4.03. The average molecular weight is 300 g/mol. The quantitative estimate of drug-likeness (QED) is 0.889. The molecule has 0 aliphatic carbocycles. The normalized spacial score (nSPS) is 18.2. The monoisotopic (exact) mass is 300 g/mol. The topological polar surface area (TPSA) is 86.8 Å². The molecule has 1 amide bonds. The lowest BCUT2D eigenvalue weighted by atomic mass is 9.93. The lowest BCUT2D eigenvalue weighted by Gasteiger charge is -2.32. The van der Waals surface area contributed by atoms with Crippen LogP contribution in [0.3, 0.4) is 0 Å². The molecule has 1 aliphatic heterocycles. The first kappa shape index (κ1) is 14.5. The number of amides is 1. The number of hydrogen-bond donors (Lipinski definition) is 2. The lowest BCUT2D eigenvalue weighted by Crippen LogP contribution is -2.40. The van der Waals surface area contributed by atoms with Crippen molar-refractivity contribution in [1.29, 1.82) is 0 Å². The number of carbonyl (C=O) groups excluding carboxylic acids is 1. The van der Waals surface area contributed by atoms with Crippen LogP contribution in [-0.2, 0) is 6.42 Å². The highest BCUT2D eigenvalue weighted by Gasteiger charge is 2.26. The molecule has 0 radical (unpaired) electrons. The van der Waals surface area contributed by atoms with E-state index < -0.39 is 0 Å². The summed E-state index contributed by atoms with van der Waals surface area (Å²) >= 11 is 0. The van der Waals surface area contributed by atoms with Crippen LogP contribution in [0.5, 0.6) is 0 Å². The van der Waals surface area contributed by atoms with Gasteiger partial charge in [-0.15, -0.1) is 0 Å². The number of rotatable bonds is 4. The number of imidazole rings is 1. The van der Waals surface area contributed by atoms with E-state index in [1.54, 1.807) is 18.6 Å². The number of nitrogens with zero attached hydrogens (tertiary/aromatic N) is 4. The number of H-pyrrole nitrogens is 1. The molecule has 3 rings (SSSR count). The Balaban J connectivity index is 1.67. The molecule has 1 fully saturated rings. The predicted molar refractivity (Wildman–Crippen MR) is 82.5 cm³/mol. The summed E-state index contributed by atoms with van der Waals surface area (Å²) in [7, 11) is 1.85. The molecule has 0 bridgehead atoms. The Morgan fingerprint density at radius 2 is 2.32 bits per heavy atom. The summed E-state index contributed by atoms with van der Waals surface area (Å²) in [5.41, 5.74) is 1.52. The SMILES string of the molecule is CNc1nccnc1CC1CCCN(C(=O)c2cnc[nH]2)C1. The molecule has 1 saturated heterocycles. The summed E-state index contributed by atoms with van der Waals surface area (Å²) in [6.45, 7) is 1.55. The molecule has 1 aliphatic rings. The van der Waals surface area contributed by atoms with Crippen LogP contribution >= 0.6 is 0 Å². The van der Waals surface area contributed by atoms with Crippen LogP contribution in [0.15, 0.2) is 24.9 Å². The Bertz CT molecular complexity index is 627. The fourth-order valence-electron chi connectivity index (χ4n) is 2.96. The van der Waals surface area contributed by atoms with E-state index in [0.29, 0.717) is 11.6 Å². The zero-order valence-corrected chi connectivity index (χ0v) is 12.6. The molecular weight excluding hydrogens is 280 g/mol. The lowest BCUT2D eigenvalue weighted by molar-refractivity contribution is 0.0667. The molecule has 0 saturated carbocycles. The first-order valence-corrected chi connectivity index (χ1v) is 7.53. The Kier molecular flexibility index (Phi) is 4.32. The highest BCUT2D eigenvalue weighted by Crippen LogP contribution is 2.23. The van der Waals surface area contributed by atoms with E-state index in [-0.39, 0.29) is 5.91 Å². The Morgan fingerprint density at radius 1 is 1.45 bits per heavy atom. The van der Waals surface area contributed by atoms with Crippen molar-refractivity contribution in [2.75, 3.05) is 25.5 Å². The van der Waals surface area contributed by atoms with Crippen LogP contribution in [0.25, 0.3) is 0 Å². The number of likely N-dealkylation sites (tertiary alicyclic amines) is 1. The van der Waals surface area contributed by atoms with Crippen molar-refractivity contribution >= 4 is 11.7 Å². The van der Waals surface area contributed by atoms with E-state index in [1.165, 1.54) is 6.33 Å². The van der Waals surface area contributed by atoms with Gasteiger partial charge in [0.1, 0.15) is 11.5 Å². The maximum absolute atomic E-state index is 12.4. The molecule has 2 aromatic rings. The second kappa shape index (κ2) is 6.55. The van der Waals surface area contributed by atoms with Gasteiger partial charge >= 0.3 is 0 Å². The minimum absolute atomic E-state index is 0.0233. The number of hydrogen-bond acceptors (Lipinski definition) is 5. The van der Waals surface area contributed by atoms with Crippen molar-refractivity contribution in [3.63, 3.8) is 0 Å². The fourth-order valence-corrected chi connectivity index (χ4v) is 2.96. The van der Waals surface area contributed by atoms with Crippen LogP contribution in [-0.4, -0.2) is 50.9 Å². The van der Waals surface area contributed by atoms with Crippen LogP contribution in [0, 0.1) is 5.92 Å². The molecule has 2 N–H and O–H groups in total. The highest BCUT2D eigenvalue weighted by atomic mass is 16.2. The molecule has 3 heterocycles. The second-order valence-corrected chi connectivity index (χ2v) is 5.53. The van der Waals surface area contributed by atoms with Gasteiger partial charge in [0, 0.05) is 32.5 Å². The van der Waals surface area contributed by atoms with E-state index in [4.69, 9.17) is 0 Å². The van der Waals surface area contributed by atoms with Gasteiger partial charge in [0.25, 0.3) is 5.91 Å².